The molecule has 1 nitrogen and oxygen atoms in total. The minimum absolute atomic E-state index is 0.0850. The highest BCUT2D eigenvalue weighted by Gasteiger charge is 2.21. The van der Waals surface area contributed by atoms with Crippen molar-refractivity contribution < 1.29 is 9.50 Å². The maximum absolute atomic E-state index is 13.5. The zero-order valence-corrected chi connectivity index (χ0v) is 9.05. The van der Waals surface area contributed by atoms with Crippen molar-refractivity contribution in [3.63, 3.8) is 0 Å². The van der Waals surface area contributed by atoms with Crippen LogP contribution < -0.4 is 0 Å². The van der Waals surface area contributed by atoms with Crippen LogP contribution in [0.15, 0.2) is 18.2 Å². The summed E-state index contributed by atoms with van der Waals surface area (Å²) in [6.45, 7) is 3.78. The number of aliphatic hydroxyl groups excluding tert-OH is 1. The van der Waals surface area contributed by atoms with Gasteiger partial charge in [0, 0.05) is 16.5 Å². The Morgan fingerprint density at radius 3 is 2.50 bits per heavy atom. The Labute approximate surface area is 88.5 Å². The van der Waals surface area contributed by atoms with Gasteiger partial charge >= 0.3 is 0 Å². The zero-order valence-electron chi connectivity index (χ0n) is 8.30. The average Bonchev–Trinajstić information content (AvgIpc) is 2.10. The Morgan fingerprint density at radius 1 is 1.43 bits per heavy atom. The monoisotopic (exact) mass is 216 g/mol. The first-order valence-electron chi connectivity index (χ1n) is 4.62. The van der Waals surface area contributed by atoms with Crippen LogP contribution in [0.1, 0.15) is 25.3 Å². The molecule has 1 rings (SSSR count). The Hall–Kier alpha value is -0.600. The lowest BCUT2D eigenvalue weighted by Gasteiger charge is -2.20. The second-order valence-corrected chi connectivity index (χ2v) is 4.08. The summed E-state index contributed by atoms with van der Waals surface area (Å²) >= 11 is 5.90. The third-order valence-electron chi connectivity index (χ3n) is 2.37. The molecule has 78 valence electrons. The summed E-state index contributed by atoms with van der Waals surface area (Å²) in [5, 5.41) is 9.56. The largest absolute Gasteiger partial charge is 0.396 e. The SMILES string of the molecule is CC(C)C(CO)c1c(F)cccc1Cl. The van der Waals surface area contributed by atoms with Crippen molar-refractivity contribution in [2.45, 2.75) is 19.8 Å². The quantitative estimate of drug-likeness (QED) is 0.823. The molecule has 0 saturated carbocycles. The average molecular weight is 217 g/mol. The number of hydrogen-bond donors (Lipinski definition) is 1. The maximum atomic E-state index is 13.5. The fourth-order valence-electron chi connectivity index (χ4n) is 1.50. The summed E-state index contributed by atoms with van der Waals surface area (Å²) in [5.74, 6) is -0.414. The van der Waals surface area contributed by atoms with Crippen LogP contribution >= 0.6 is 11.6 Å². The first kappa shape index (κ1) is 11.5. The van der Waals surface area contributed by atoms with Crippen molar-refractivity contribution in [3.8, 4) is 0 Å². The van der Waals surface area contributed by atoms with Gasteiger partial charge in [0.25, 0.3) is 0 Å². The highest BCUT2D eigenvalue weighted by molar-refractivity contribution is 6.31. The Morgan fingerprint density at radius 2 is 2.07 bits per heavy atom. The Bertz CT molecular complexity index is 292. The molecule has 0 aliphatic carbocycles. The number of rotatable bonds is 3. The summed E-state index contributed by atoms with van der Waals surface area (Å²) in [5.41, 5.74) is 0.423. The van der Waals surface area contributed by atoms with E-state index in [1.165, 1.54) is 6.07 Å². The molecule has 0 bridgehead atoms. The second kappa shape index (κ2) is 4.76. The van der Waals surface area contributed by atoms with E-state index in [-0.39, 0.29) is 24.3 Å². The van der Waals surface area contributed by atoms with E-state index in [0.29, 0.717) is 10.6 Å². The molecule has 0 saturated heterocycles. The molecule has 0 amide bonds. The van der Waals surface area contributed by atoms with Crippen LogP contribution in [0.2, 0.25) is 5.02 Å². The van der Waals surface area contributed by atoms with Crippen LogP contribution in [0.4, 0.5) is 4.39 Å². The minimum atomic E-state index is -0.342. The lowest BCUT2D eigenvalue weighted by Crippen LogP contribution is -2.13. The van der Waals surface area contributed by atoms with Crippen molar-refractivity contribution in [2.75, 3.05) is 6.61 Å². The van der Waals surface area contributed by atoms with Crippen LogP contribution in [0.25, 0.3) is 0 Å². The smallest absolute Gasteiger partial charge is 0.128 e. The molecular weight excluding hydrogens is 203 g/mol. The number of aliphatic hydroxyl groups is 1. The molecule has 0 radical (unpaired) electrons. The molecule has 0 fully saturated rings. The Balaban J connectivity index is 3.15. The van der Waals surface area contributed by atoms with Crippen molar-refractivity contribution in [3.05, 3.63) is 34.6 Å². The van der Waals surface area contributed by atoms with Gasteiger partial charge in [-0.05, 0) is 18.1 Å². The molecule has 1 aromatic carbocycles. The fraction of sp³-hybridized carbons (Fsp3) is 0.455. The molecule has 1 N–H and O–H groups in total. The third kappa shape index (κ3) is 2.25. The summed E-state index contributed by atoms with van der Waals surface area (Å²) < 4.78 is 13.5. The molecular formula is C11H14ClFO. The second-order valence-electron chi connectivity index (χ2n) is 3.67. The van der Waals surface area contributed by atoms with E-state index in [4.69, 9.17) is 11.6 Å². The number of benzene rings is 1. The number of halogens is 2. The minimum Gasteiger partial charge on any atom is -0.396 e. The standard InChI is InChI=1S/C11H14ClFO/c1-7(2)8(6-14)11-9(12)4-3-5-10(11)13/h3-5,7-8,14H,6H2,1-2H3. The summed E-state index contributed by atoms with van der Waals surface area (Å²) in [6.07, 6.45) is 0. The molecule has 3 heteroatoms. The van der Waals surface area contributed by atoms with Crippen LogP contribution in [0.5, 0.6) is 0 Å². The summed E-state index contributed by atoms with van der Waals surface area (Å²) in [4.78, 5) is 0. The molecule has 1 unspecified atom stereocenters. The first-order valence-corrected chi connectivity index (χ1v) is 5.00. The van der Waals surface area contributed by atoms with Gasteiger partial charge in [-0.1, -0.05) is 31.5 Å². The van der Waals surface area contributed by atoms with Gasteiger partial charge in [0.2, 0.25) is 0 Å². The van der Waals surface area contributed by atoms with E-state index in [1.54, 1.807) is 12.1 Å². The third-order valence-corrected chi connectivity index (χ3v) is 2.70. The van der Waals surface area contributed by atoms with Gasteiger partial charge < -0.3 is 5.11 Å². The van der Waals surface area contributed by atoms with Gasteiger partial charge in [0.1, 0.15) is 5.82 Å². The predicted molar refractivity (Wildman–Crippen MR) is 56.1 cm³/mol. The van der Waals surface area contributed by atoms with E-state index in [1.807, 2.05) is 13.8 Å². The van der Waals surface area contributed by atoms with Crippen LogP contribution in [0, 0.1) is 11.7 Å². The van der Waals surface area contributed by atoms with E-state index < -0.39 is 0 Å². The molecule has 0 heterocycles. The van der Waals surface area contributed by atoms with Gasteiger partial charge in [-0.25, -0.2) is 4.39 Å². The molecule has 0 spiro atoms. The fourth-order valence-corrected chi connectivity index (χ4v) is 1.80. The summed E-state index contributed by atoms with van der Waals surface area (Å²) in [6, 6.07) is 4.58. The predicted octanol–water partition coefficient (Wildman–Crippen LogP) is 3.21. The molecule has 1 atom stereocenters. The van der Waals surface area contributed by atoms with Gasteiger partial charge in [-0.3, -0.25) is 0 Å². The van der Waals surface area contributed by atoms with E-state index in [9.17, 15) is 9.50 Å². The first-order chi connectivity index (χ1) is 6.57. The van der Waals surface area contributed by atoms with Gasteiger partial charge in [0.15, 0.2) is 0 Å². The highest BCUT2D eigenvalue weighted by Crippen LogP contribution is 2.31. The summed E-state index contributed by atoms with van der Waals surface area (Å²) in [7, 11) is 0. The van der Waals surface area contributed by atoms with Crippen LogP contribution in [-0.4, -0.2) is 11.7 Å². The van der Waals surface area contributed by atoms with Gasteiger partial charge in [-0.2, -0.15) is 0 Å². The van der Waals surface area contributed by atoms with Crippen molar-refractivity contribution in [1.29, 1.82) is 0 Å². The van der Waals surface area contributed by atoms with E-state index >= 15 is 0 Å². The molecule has 0 aliphatic heterocycles. The van der Waals surface area contributed by atoms with Gasteiger partial charge in [-0.15, -0.1) is 0 Å². The van der Waals surface area contributed by atoms with E-state index in [2.05, 4.69) is 0 Å². The van der Waals surface area contributed by atoms with Crippen LogP contribution in [-0.2, 0) is 0 Å². The zero-order chi connectivity index (χ0) is 10.7. The molecule has 0 aliphatic rings. The lowest BCUT2D eigenvalue weighted by atomic mass is 9.89. The van der Waals surface area contributed by atoms with E-state index in [0.717, 1.165) is 0 Å². The van der Waals surface area contributed by atoms with Crippen molar-refractivity contribution in [2.24, 2.45) is 5.92 Å². The molecule has 1 aromatic rings. The number of hydrogen-bond acceptors (Lipinski definition) is 1. The van der Waals surface area contributed by atoms with Crippen molar-refractivity contribution >= 4 is 11.6 Å². The van der Waals surface area contributed by atoms with Crippen molar-refractivity contribution in [1.82, 2.24) is 0 Å². The highest BCUT2D eigenvalue weighted by atomic mass is 35.5. The molecule has 0 aromatic heterocycles. The van der Waals surface area contributed by atoms with Crippen LogP contribution in [0.3, 0.4) is 0 Å². The topological polar surface area (TPSA) is 20.2 Å². The van der Waals surface area contributed by atoms with Gasteiger partial charge in [0.05, 0.1) is 6.61 Å². The maximum Gasteiger partial charge on any atom is 0.128 e. The Kier molecular flexibility index (Phi) is 3.90. The normalized spacial score (nSPS) is 13.3. The lowest BCUT2D eigenvalue weighted by molar-refractivity contribution is 0.234. The molecule has 14 heavy (non-hydrogen) atoms.